The largest absolute Gasteiger partial charge is 0.480 e. The van der Waals surface area contributed by atoms with E-state index >= 15 is 0 Å². The Kier molecular flexibility index (Phi) is 5.54. The van der Waals surface area contributed by atoms with Gasteiger partial charge in [-0.15, -0.1) is 5.10 Å². The molecule has 3 heterocycles. The second-order valence-electron chi connectivity index (χ2n) is 5.81. The quantitative estimate of drug-likeness (QED) is 0.414. The molecule has 158 valence electrons. The van der Waals surface area contributed by atoms with Gasteiger partial charge in [0.1, 0.15) is 23.2 Å². The molecule has 0 spiro atoms. The van der Waals surface area contributed by atoms with Crippen molar-refractivity contribution in [3.8, 4) is 17.4 Å². The molecule has 1 unspecified atom stereocenters. The minimum absolute atomic E-state index is 0.0658. The van der Waals surface area contributed by atoms with Gasteiger partial charge in [-0.1, -0.05) is 11.6 Å². The number of H-pyrrole nitrogens is 1. The van der Waals surface area contributed by atoms with Crippen LogP contribution in [0, 0.1) is 0 Å². The van der Waals surface area contributed by atoms with E-state index in [4.69, 9.17) is 28.2 Å². The van der Waals surface area contributed by atoms with Crippen LogP contribution in [0.4, 0.5) is 14.5 Å². The van der Waals surface area contributed by atoms with E-state index in [-0.39, 0.29) is 10.4 Å². The number of alkyl halides is 2. The van der Waals surface area contributed by atoms with Crippen LogP contribution in [0.1, 0.15) is 6.55 Å². The summed E-state index contributed by atoms with van der Waals surface area (Å²) in [4.78, 5) is 3.36. The standard InChI is InChI=1S/C16H12Cl2F2N6O3S/c1-28-12-4-5-25(23-12)14-9(17)3-2-8-11(7-21-13(8)14)30(27)24-10-6-22-26(16(19)20)15(10)29-18/h2-7,16,21,24H,1H3. The van der Waals surface area contributed by atoms with Crippen LogP contribution in [-0.4, -0.2) is 35.9 Å². The van der Waals surface area contributed by atoms with Gasteiger partial charge in [-0.05, 0) is 12.1 Å². The van der Waals surface area contributed by atoms with Crippen molar-refractivity contribution in [3.05, 3.63) is 41.8 Å². The molecule has 0 bridgehead atoms. The Hall–Kier alpha value is -2.83. The fourth-order valence-electron chi connectivity index (χ4n) is 2.84. The lowest BCUT2D eigenvalue weighted by Gasteiger charge is -2.08. The topological polar surface area (TPSA) is 99.0 Å². The fourth-order valence-corrected chi connectivity index (χ4v) is 4.23. The number of nitrogens with one attached hydrogen (secondary N) is 2. The summed E-state index contributed by atoms with van der Waals surface area (Å²) in [6, 6.07) is 4.96. The molecule has 9 nitrogen and oxygen atoms in total. The minimum Gasteiger partial charge on any atom is -0.480 e. The molecule has 4 aromatic rings. The maximum Gasteiger partial charge on any atom is 0.336 e. The molecule has 1 aromatic carbocycles. The van der Waals surface area contributed by atoms with Gasteiger partial charge in [-0.25, -0.2) is 8.89 Å². The molecule has 0 aliphatic heterocycles. The van der Waals surface area contributed by atoms with Crippen LogP contribution < -0.4 is 13.7 Å². The molecule has 0 saturated carbocycles. The summed E-state index contributed by atoms with van der Waals surface area (Å²) in [6.45, 7) is -2.98. The number of hydrogen-bond donors (Lipinski definition) is 2. The lowest BCUT2D eigenvalue weighted by Crippen LogP contribution is -2.06. The van der Waals surface area contributed by atoms with Crippen LogP contribution >= 0.6 is 23.5 Å². The lowest BCUT2D eigenvalue weighted by atomic mass is 10.2. The first-order chi connectivity index (χ1) is 14.4. The molecule has 0 radical (unpaired) electrons. The van der Waals surface area contributed by atoms with E-state index in [9.17, 15) is 13.0 Å². The van der Waals surface area contributed by atoms with Crippen LogP contribution in [0.2, 0.25) is 5.02 Å². The fraction of sp³-hybridized carbons (Fsp3) is 0.125. The van der Waals surface area contributed by atoms with Gasteiger partial charge in [0.15, 0.2) is 11.0 Å². The molecular weight excluding hydrogens is 465 g/mol. The molecule has 0 fully saturated rings. The SMILES string of the molecule is COc1ccn(-c2c(Cl)ccc3c(S(=O)Nc4cnn(C(F)F)c4OCl)c[nH]c23)n1. The van der Waals surface area contributed by atoms with Crippen molar-refractivity contribution in [1.29, 1.82) is 0 Å². The first kappa shape index (κ1) is 20.4. The molecule has 4 rings (SSSR count). The Labute approximate surface area is 180 Å². The third kappa shape index (κ3) is 3.46. The Morgan fingerprint density at radius 1 is 1.33 bits per heavy atom. The van der Waals surface area contributed by atoms with Gasteiger partial charge in [-0.3, -0.25) is 4.72 Å². The molecule has 0 saturated heterocycles. The number of aromatic nitrogens is 5. The normalized spacial score (nSPS) is 12.5. The molecule has 30 heavy (non-hydrogen) atoms. The van der Waals surface area contributed by atoms with Gasteiger partial charge in [0.05, 0.1) is 28.7 Å². The Bertz CT molecular complexity index is 1240. The van der Waals surface area contributed by atoms with Crippen molar-refractivity contribution in [3.63, 3.8) is 0 Å². The van der Waals surface area contributed by atoms with E-state index in [1.54, 1.807) is 24.4 Å². The van der Waals surface area contributed by atoms with E-state index in [0.29, 0.717) is 32.4 Å². The predicted octanol–water partition coefficient (Wildman–Crippen LogP) is 4.27. The predicted molar refractivity (Wildman–Crippen MR) is 107 cm³/mol. The summed E-state index contributed by atoms with van der Waals surface area (Å²) in [7, 11) is -0.381. The van der Waals surface area contributed by atoms with E-state index in [0.717, 1.165) is 6.20 Å². The highest BCUT2D eigenvalue weighted by atomic mass is 35.5. The number of rotatable bonds is 7. The van der Waals surface area contributed by atoms with Gasteiger partial charge in [0.2, 0.25) is 5.88 Å². The van der Waals surface area contributed by atoms with Gasteiger partial charge in [0, 0.05) is 23.8 Å². The zero-order valence-electron chi connectivity index (χ0n) is 15.0. The molecular formula is C16H12Cl2F2N6O3S. The highest BCUT2D eigenvalue weighted by Gasteiger charge is 2.22. The summed E-state index contributed by atoms with van der Waals surface area (Å²) in [5, 5.41) is 8.70. The van der Waals surface area contributed by atoms with Crippen molar-refractivity contribution in [2.24, 2.45) is 0 Å². The van der Waals surface area contributed by atoms with Gasteiger partial charge in [-0.2, -0.15) is 18.6 Å². The maximum absolute atomic E-state index is 12.9. The number of methoxy groups -OCH3 is 1. The molecule has 14 heteroatoms. The second kappa shape index (κ2) is 8.13. The summed E-state index contributed by atoms with van der Waals surface area (Å²) in [5.41, 5.74) is 1.02. The average Bonchev–Trinajstić information content (AvgIpc) is 3.45. The molecule has 0 aliphatic rings. The van der Waals surface area contributed by atoms with Crippen LogP contribution in [0.15, 0.2) is 41.7 Å². The van der Waals surface area contributed by atoms with Gasteiger partial charge < -0.3 is 14.0 Å². The van der Waals surface area contributed by atoms with Crippen LogP contribution in [0.5, 0.6) is 11.8 Å². The first-order valence-electron chi connectivity index (χ1n) is 8.17. The zero-order valence-corrected chi connectivity index (χ0v) is 17.3. The number of anilines is 1. The van der Waals surface area contributed by atoms with Crippen molar-refractivity contribution < 1.29 is 22.0 Å². The molecule has 0 aliphatic carbocycles. The zero-order chi connectivity index (χ0) is 21.4. The summed E-state index contributed by atoms with van der Waals surface area (Å²) in [5.74, 6) is -0.0723. The lowest BCUT2D eigenvalue weighted by molar-refractivity contribution is 0.0515. The van der Waals surface area contributed by atoms with E-state index < -0.39 is 23.4 Å². The number of benzene rings is 1. The number of fused-ring (bicyclic) bond motifs is 1. The summed E-state index contributed by atoms with van der Waals surface area (Å²) < 4.78 is 52.7. The van der Waals surface area contributed by atoms with E-state index in [1.807, 2.05) is 0 Å². The monoisotopic (exact) mass is 476 g/mol. The van der Waals surface area contributed by atoms with Crippen LogP contribution in [-0.2, 0) is 11.0 Å². The van der Waals surface area contributed by atoms with Crippen molar-refractivity contribution >= 4 is 51.0 Å². The van der Waals surface area contributed by atoms with Crippen molar-refractivity contribution in [1.82, 2.24) is 24.5 Å². The number of halogens is 4. The Morgan fingerprint density at radius 2 is 2.13 bits per heavy atom. The third-order valence-electron chi connectivity index (χ3n) is 4.15. The van der Waals surface area contributed by atoms with Gasteiger partial charge >= 0.3 is 6.55 Å². The van der Waals surface area contributed by atoms with E-state index in [2.05, 4.69) is 24.2 Å². The number of ether oxygens (including phenoxy) is 1. The minimum atomic E-state index is -2.98. The molecule has 1 atom stereocenters. The molecule has 2 N–H and O–H groups in total. The summed E-state index contributed by atoms with van der Waals surface area (Å²) in [6.07, 6.45) is 4.21. The number of aromatic amines is 1. The first-order valence-corrected chi connectivity index (χ1v) is 10.0. The Balaban J connectivity index is 1.72. The highest BCUT2D eigenvalue weighted by molar-refractivity contribution is 7.86. The third-order valence-corrected chi connectivity index (χ3v) is 5.75. The van der Waals surface area contributed by atoms with Crippen molar-refractivity contribution in [2.45, 2.75) is 11.4 Å². The number of hydrogen-bond acceptors (Lipinski definition) is 5. The smallest absolute Gasteiger partial charge is 0.336 e. The summed E-state index contributed by atoms with van der Waals surface area (Å²) >= 11 is 11.6. The second-order valence-corrected chi connectivity index (χ2v) is 7.55. The number of nitrogens with zero attached hydrogens (tertiary/aromatic N) is 4. The highest BCUT2D eigenvalue weighted by Crippen LogP contribution is 2.34. The van der Waals surface area contributed by atoms with E-state index in [1.165, 1.54) is 18.0 Å². The maximum atomic E-state index is 12.9. The van der Waals surface area contributed by atoms with Crippen molar-refractivity contribution in [2.75, 3.05) is 11.8 Å². The molecule has 0 amide bonds. The van der Waals surface area contributed by atoms with Crippen LogP contribution in [0.3, 0.4) is 0 Å². The van der Waals surface area contributed by atoms with Crippen LogP contribution in [0.25, 0.3) is 16.6 Å². The molecule has 3 aromatic heterocycles. The Morgan fingerprint density at radius 3 is 2.80 bits per heavy atom. The average molecular weight is 477 g/mol. The van der Waals surface area contributed by atoms with Gasteiger partial charge in [0.25, 0.3) is 5.88 Å².